The largest absolute Gasteiger partial charge is 0.393 e. The van der Waals surface area contributed by atoms with Crippen molar-refractivity contribution in [2.45, 2.75) is 63.0 Å². The van der Waals surface area contributed by atoms with Crippen LogP contribution in [0.5, 0.6) is 0 Å². The Hall–Kier alpha value is -0.610. The molecule has 4 heteroatoms. The molecule has 2 fully saturated rings. The van der Waals surface area contributed by atoms with E-state index in [1.807, 2.05) is 0 Å². The Morgan fingerprint density at radius 3 is 2.65 bits per heavy atom. The maximum atomic E-state index is 11.8. The van der Waals surface area contributed by atoms with Gasteiger partial charge in [0, 0.05) is 18.5 Å². The van der Waals surface area contributed by atoms with E-state index in [0.717, 1.165) is 44.9 Å². The van der Waals surface area contributed by atoms with Crippen molar-refractivity contribution in [3.05, 3.63) is 0 Å². The van der Waals surface area contributed by atoms with Gasteiger partial charge in [0.05, 0.1) is 6.10 Å². The zero-order valence-electron chi connectivity index (χ0n) is 10.5. The maximum absolute atomic E-state index is 11.8. The fourth-order valence-corrected chi connectivity index (χ4v) is 3.13. The first-order chi connectivity index (χ1) is 8.07. The van der Waals surface area contributed by atoms with E-state index in [0.29, 0.717) is 18.9 Å². The summed E-state index contributed by atoms with van der Waals surface area (Å²) >= 11 is 0. The zero-order chi connectivity index (χ0) is 12.3. The predicted molar refractivity (Wildman–Crippen MR) is 66.4 cm³/mol. The first-order valence-electron chi connectivity index (χ1n) is 6.81. The Labute approximate surface area is 103 Å². The molecule has 2 atom stereocenters. The second kappa shape index (κ2) is 5.36. The molecule has 4 nitrogen and oxygen atoms in total. The van der Waals surface area contributed by atoms with Crippen molar-refractivity contribution in [3.63, 3.8) is 0 Å². The molecule has 98 valence electrons. The number of carbonyl (C=O) groups excluding carboxylic acids is 1. The third-order valence-corrected chi connectivity index (χ3v) is 4.21. The minimum atomic E-state index is -0.251. The van der Waals surface area contributed by atoms with Crippen LogP contribution in [0.15, 0.2) is 0 Å². The fraction of sp³-hybridized carbons (Fsp3) is 0.923. The van der Waals surface area contributed by atoms with E-state index in [2.05, 4.69) is 5.32 Å². The molecule has 2 aliphatic rings. The highest BCUT2D eigenvalue weighted by Crippen LogP contribution is 2.30. The number of nitrogens with one attached hydrogen (secondary N) is 1. The van der Waals surface area contributed by atoms with Crippen molar-refractivity contribution in [2.75, 3.05) is 6.54 Å². The van der Waals surface area contributed by atoms with Gasteiger partial charge in [0.2, 0.25) is 5.91 Å². The average molecular weight is 240 g/mol. The topological polar surface area (TPSA) is 75.4 Å². The molecule has 2 aliphatic carbocycles. The normalized spacial score (nSPS) is 31.6. The van der Waals surface area contributed by atoms with Crippen LogP contribution in [0, 0.1) is 5.92 Å². The van der Waals surface area contributed by atoms with Crippen molar-refractivity contribution < 1.29 is 9.90 Å². The molecule has 0 aliphatic heterocycles. The second-order valence-corrected chi connectivity index (χ2v) is 5.88. The lowest BCUT2D eigenvalue weighted by Crippen LogP contribution is -2.42. The molecule has 2 saturated carbocycles. The van der Waals surface area contributed by atoms with Crippen LogP contribution in [-0.4, -0.2) is 29.2 Å². The molecule has 0 saturated heterocycles. The molecular weight excluding hydrogens is 216 g/mol. The van der Waals surface area contributed by atoms with E-state index in [-0.39, 0.29) is 17.6 Å². The summed E-state index contributed by atoms with van der Waals surface area (Å²) in [5.41, 5.74) is 5.91. The van der Waals surface area contributed by atoms with Crippen LogP contribution in [0.4, 0.5) is 0 Å². The molecule has 2 unspecified atom stereocenters. The fourth-order valence-electron chi connectivity index (χ4n) is 3.13. The van der Waals surface area contributed by atoms with Gasteiger partial charge in [-0.05, 0) is 38.0 Å². The highest BCUT2D eigenvalue weighted by molar-refractivity contribution is 5.77. The van der Waals surface area contributed by atoms with Crippen molar-refractivity contribution >= 4 is 5.91 Å². The van der Waals surface area contributed by atoms with Crippen LogP contribution in [0.2, 0.25) is 0 Å². The molecule has 0 aromatic heterocycles. The highest BCUT2D eigenvalue weighted by atomic mass is 16.3. The second-order valence-electron chi connectivity index (χ2n) is 5.88. The number of rotatable bonds is 4. The number of amides is 1. The first kappa shape index (κ1) is 12.8. The Balaban J connectivity index is 1.67. The Morgan fingerprint density at radius 1 is 1.35 bits per heavy atom. The summed E-state index contributed by atoms with van der Waals surface area (Å²) in [6.45, 7) is 0.700. The minimum absolute atomic E-state index is 0.0794. The molecule has 0 aromatic rings. The predicted octanol–water partition coefficient (Wildman–Crippen LogP) is 0.925. The van der Waals surface area contributed by atoms with E-state index in [4.69, 9.17) is 5.73 Å². The van der Waals surface area contributed by atoms with Crippen LogP contribution in [-0.2, 0) is 4.79 Å². The van der Waals surface area contributed by atoms with E-state index in [1.54, 1.807) is 0 Å². The Bertz CT molecular complexity index is 275. The number of carbonyl (C=O) groups is 1. The summed E-state index contributed by atoms with van der Waals surface area (Å²) in [7, 11) is 0. The minimum Gasteiger partial charge on any atom is -0.393 e. The van der Waals surface area contributed by atoms with Crippen molar-refractivity contribution in [2.24, 2.45) is 11.7 Å². The van der Waals surface area contributed by atoms with Gasteiger partial charge in [-0.1, -0.05) is 12.8 Å². The third-order valence-electron chi connectivity index (χ3n) is 4.21. The van der Waals surface area contributed by atoms with Gasteiger partial charge in [-0.25, -0.2) is 0 Å². The van der Waals surface area contributed by atoms with Crippen molar-refractivity contribution in [1.29, 1.82) is 0 Å². The summed E-state index contributed by atoms with van der Waals surface area (Å²) in [5, 5.41) is 12.4. The lowest BCUT2D eigenvalue weighted by atomic mass is 9.94. The summed E-state index contributed by atoms with van der Waals surface area (Å²) < 4.78 is 0. The molecular formula is C13H24N2O2. The van der Waals surface area contributed by atoms with Gasteiger partial charge >= 0.3 is 0 Å². The number of hydrogen-bond donors (Lipinski definition) is 3. The van der Waals surface area contributed by atoms with Gasteiger partial charge in [-0.2, -0.15) is 0 Å². The third kappa shape index (κ3) is 3.68. The monoisotopic (exact) mass is 240 g/mol. The number of nitrogens with two attached hydrogens (primary N) is 1. The summed E-state index contributed by atoms with van der Waals surface area (Å²) in [6.07, 6.45) is 7.28. The van der Waals surface area contributed by atoms with Crippen LogP contribution < -0.4 is 11.1 Å². The molecule has 0 spiro atoms. The molecule has 17 heavy (non-hydrogen) atoms. The Morgan fingerprint density at radius 2 is 2.06 bits per heavy atom. The molecule has 0 bridgehead atoms. The first-order valence-corrected chi connectivity index (χ1v) is 6.81. The van der Waals surface area contributed by atoms with Crippen LogP contribution in [0.25, 0.3) is 0 Å². The molecule has 0 radical (unpaired) electrons. The molecule has 2 rings (SSSR count). The van der Waals surface area contributed by atoms with E-state index < -0.39 is 0 Å². The molecule has 0 heterocycles. The lowest BCUT2D eigenvalue weighted by molar-refractivity contribution is -0.122. The quantitative estimate of drug-likeness (QED) is 0.684. The van der Waals surface area contributed by atoms with E-state index in [1.165, 1.54) is 0 Å². The summed E-state index contributed by atoms with van der Waals surface area (Å²) in [4.78, 5) is 11.8. The van der Waals surface area contributed by atoms with Gasteiger partial charge in [-0.15, -0.1) is 0 Å². The van der Waals surface area contributed by atoms with Gasteiger partial charge in [0.25, 0.3) is 0 Å². The Kier molecular flexibility index (Phi) is 4.05. The summed E-state index contributed by atoms with van der Waals surface area (Å²) in [5.74, 6) is 0.530. The number of aliphatic hydroxyl groups excluding tert-OH is 1. The van der Waals surface area contributed by atoms with Crippen LogP contribution in [0.3, 0.4) is 0 Å². The average Bonchev–Trinajstić information content (AvgIpc) is 2.85. The van der Waals surface area contributed by atoms with Crippen molar-refractivity contribution in [1.82, 2.24) is 5.32 Å². The number of aliphatic hydroxyl groups is 1. The molecule has 0 aromatic carbocycles. The standard InChI is InChI=1S/C13H24N2O2/c14-13(5-1-2-6-13)8-12(17)15-9-10-3-4-11(16)7-10/h10-11,16H,1-9,14H2,(H,15,17). The van der Waals surface area contributed by atoms with Gasteiger partial charge in [0.15, 0.2) is 0 Å². The maximum Gasteiger partial charge on any atom is 0.221 e. The molecule has 1 amide bonds. The van der Waals surface area contributed by atoms with Gasteiger partial charge < -0.3 is 16.2 Å². The highest BCUT2D eigenvalue weighted by Gasteiger charge is 2.32. The van der Waals surface area contributed by atoms with Crippen molar-refractivity contribution in [3.8, 4) is 0 Å². The van der Waals surface area contributed by atoms with Crippen LogP contribution >= 0.6 is 0 Å². The summed E-state index contributed by atoms with van der Waals surface area (Å²) in [6, 6.07) is 0. The number of hydrogen-bond acceptors (Lipinski definition) is 3. The van der Waals surface area contributed by atoms with E-state index >= 15 is 0 Å². The van der Waals surface area contributed by atoms with Gasteiger partial charge in [-0.3, -0.25) is 4.79 Å². The lowest BCUT2D eigenvalue weighted by Gasteiger charge is -2.23. The zero-order valence-corrected chi connectivity index (χ0v) is 10.5. The SMILES string of the molecule is NC1(CC(=O)NCC2CCC(O)C2)CCCC1. The molecule has 4 N–H and O–H groups in total. The van der Waals surface area contributed by atoms with E-state index in [9.17, 15) is 9.90 Å². The smallest absolute Gasteiger partial charge is 0.221 e. The van der Waals surface area contributed by atoms with Gasteiger partial charge in [0.1, 0.15) is 0 Å². The van der Waals surface area contributed by atoms with Crippen LogP contribution in [0.1, 0.15) is 51.4 Å².